The summed E-state index contributed by atoms with van der Waals surface area (Å²) in [5, 5.41) is 5.46. The number of halogens is 2. The van der Waals surface area contributed by atoms with Crippen LogP contribution in [0.5, 0.6) is 0 Å². The predicted molar refractivity (Wildman–Crippen MR) is 149 cm³/mol. The highest BCUT2D eigenvalue weighted by Crippen LogP contribution is 2.44. The summed E-state index contributed by atoms with van der Waals surface area (Å²) in [6.07, 6.45) is 3.91. The molecule has 188 valence electrons. The highest BCUT2D eigenvalue weighted by Gasteiger charge is 2.32. The Morgan fingerprint density at radius 2 is 2.08 bits per heavy atom. The molecule has 6 rings (SSSR count). The zero-order valence-electron chi connectivity index (χ0n) is 19.8. The summed E-state index contributed by atoms with van der Waals surface area (Å²) in [5.41, 5.74) is 4.01. The maximum Gasteiger partial charge on any atom is 0.234 e. The van der Waals surface area contributed by atoms with Crippen LogP contribution < -0.4 is 5.32 Å². The van der Waals surface area contributed by atoms with Crippen molar-refractivity contribution < 1.29 is 13.9 Å². The van der Waals surface area contributed by atoms with Crippen LogP contribution in [0.3, 0.4) is 0 Å². The molecule has 37 heavy (non-hydrogen) atoms. The van der Waals surface area contributed by atoms with Gasteiger partial charge in [-0.1, -0.05) is 35.0 Å². The maximum absolute atomic E-state index is 12.7. The van der Waals surface area contributed by atoms with Gasteiger partial charge in [0.05, 0.1) is 45.2 Å². The summed E-state index contributed by atoms with van der Waals surface area (Å²) < 4.78 is 12.7. The van der Waals surface area contributed by atoms with E-state index in [2.05, 4.69) is 29.1 Å². The summed E-state index contributed by atoms with van der Waals surface area (Å²) in [4.78, 5) is 27.7. The Hall–Kier alpha value is -2.69. The Kier molecular flexibility index (Phi) is 6.37. The average Bonchev–Trinajstić information content (AvgIpc) is 3.51. The van der Waals surface area contributed by atoms with Crippen LogP contribution in [-0.2, 0) is 22.6 Å². The average molecular weight is 572 g/mol. The van der Waals surface area contributed by atoms with Gasteiger partial charge in [-0.2, -0.15) is 0 Å². The van der Waals surface area contributed by atoms with Crippen LogP contribution in [0.15, 0.2) is 52.4 Å². The van der Waals surface area contributed by atoms with E-state index in [9.17, 15) is 4.79 Å². The molecule has 0 saturated carbocycles. The fourth-order valence-electron chi connectivity index (χ4n) is 4.42. The van der Waals surface area contributed by atoms with E-state index < -0.39 is 0 Å². The molecule has 5 heterocycles. The molecule has 0 fully saturated rings. The second kappa shape index (κ2) is 9.56. The molecule has 5 aromatic rings. The number of benzene rings is 1. The number of carbonyl (C=O) groups is 1. The molecule has 7 nitrogen and oxygen atoms in total. The van der Waals surface area contributed by atoms with Crippen molar-refractivity contribution in [3.8, 4) is 11.5 Å². The number of furan rings is 1. The lowest BCUT2D eigenvalue weighted by Crippen LogP contribution is -2.32. The van der Waals surface area contributed by atoms with Gasteiger partial charge in [-0.3, -0.25) is 4.79 Å². The van der Waals surface area contributed by atoms with Gasteiger partial charge in [0.15, 0.2) is 5.76 Å². The Labute approximate surface area is 230 Å². The number of hydrogen-bond acceptors (Lipinski definition) is 8. The van der Waals surface area contributed by atoms with Gasteiger partial charge in [0.2, 0.25) is 5.91 Å². The third-order valence-electron chi connectivity index (χ3n) is 6.10. The summed E-state index contributed by atoms with van der Waals surface area (Å²) in [7, 11) is 0. The molecule has 1 aliphatic rings. The minimum atomic E-state index is -0.318. The highest BCUT2D eigenvalue weighted by molar-refractivity contribution is 8.00. The number of nitrogens with one attached hydrogen (secondary N) is 1. The van der Waals surface area contributed by atoms with E-state index in [1.54, 1.807) is 30.8 Å². The standard InChI is InChI=1S/C26H20Cl2N4O3S2/c1-26(2)9-14-15(10-35-26)21(18-4-3-7-34-18)32-24-20(14)22-23(37-24)25(30-12-29-22)36-11-19(33)31-17-6-5-13(27)8-16(17)28/h3-8,12H,9-11H2,1-2H3,(H,31,33). The largest absolute Gasteiger partial charge is 0.463 e. The number of nitrogens with zero attached hydrogens (tertiary/aromatic N) is 3. The van der Waals surface area contributed by atoms with Crippen molar-refractivity contribution in [1.82, 2.24) is 15.0 Å². The third-order valence-corrected chi connectivity index (χ3v) is 8.84. The number of fused-ring (bicyclic) bond motifs is 5. The molecule has 0 aliphatic carbocycles. The Bertz CT molecular complexity index is 1670. The molecule has 0 unspecified atom stereocenters. The van der Waals surface area contributed by atoms with Crippen molar-refractivity contribution in [3.63, 3.8) is 0 Å². The third kappa shape index (κ3) is 4.70. The van der Waals surface area contributed by atoms with E-state index in [1.807, 2.05) is 12.1 Å². The number of thioether (sulfide) groups is 1. The molecule has 0 spiro atoms. The SMILES string of the molecule is CC1(C)Cc2c(c(-c3ccco3)nc3sc4c(SCC(=O)Nc5ccc(Cl)cc5Cl)ncnc4c23)CO1. The molecule has 0 bridgehead atoms. The van der Waals surface area contributed by atoms with E-state index in [0.717, 1.165) is 43.1 Å². The number of rotatable bonds is 5. The van der Waals surface area contributed by atoms with Crippen LogP contribution in [0.4, 0.5) is 5.69 Å². The van der Waals surface area contributed by atoms with Crippen LogP contribution in [0.25, 0.3) is 31.9 Å². The molecule has 0 saturated heterocycles. The molecular weight excluding hydrogens is 551 g/mol. The van der Waals surface area contributed by atoms with E-state index >= 15 is 0 Å². The van der Waals surface area contributed by atoms with Gasteiger partial charge in [-0.15, -0.1) is 11.3 Å². The van der Waals surface area contributed by atoms with Crippen LogP contribution in [0.1, 0.15) is 25.0 Å². The summed E-state index contributed by atoms with van der Waals surface area (Å²) in [5.74, 6) is 0.664. The first-order valence-corrected chi connectivity index (χ1v) is 14.0. The number of ether oxygens (including phenoxy) is 1. The Morgan fingerprint density at radius 3 is 2.86 bits per heavy atom. The van der Waals surface area contributed by atoms with Crippen molar-refractivity contribution in [1.29, 1.82) is 0 Å². The number of carbonyl (C=O) groups excluding carboxylic acids is 1. The van der Waals surface area contributed by atoms with Crippen molar-refractivity contribution in [2.45, 2.75) is 37.5 Å². The molecule has 11 heteroatoms. The fraction of sp³-hybridized carbons (Fsp3) is 0.231. The lowest BCUT2D eigenvalue weighted by molar-refractivity contribution is -0.113. The molecule has 0 radical (unpaired) electrons. The van der Waals surface area contributed by atoms with E-state index in [0.29, 0.717) is 28.1 Å². The predicted octanol–water partition coefficient (Wildman–Crippen LogP) is 7.39. The molecule has 1 aromatic carbocycles. The molecule has 4 aromatic heterocycles. The van der Waals surface area contributed by atoms with E-state index in [-0.39, 0.29) is 17.3 Å². The second-order valence-electron chi connectivity index (χ2n) is 9.22. The highest BCUT2D eigenvalue weighted by atomic mass is 35.5. The first-order valence-electron chi connectivity index (χ1n) is 11.4. The number of amides is 1. The molecular formula is C26H20Cl2N4O3S2. The number of hydrogen-bond donors (Lipinski definition) is 1. The van der Waals surface area contributed by atoms with Crippen LogP contribution in [0.2, 0.25) is 10.0 Å². The normalized spacial score (nSPS) is 14.7. The summed E-state index contributed by atoms with van der Waals surface area (Å²) >= 11 is 15.0. The van der Waals surface area contributed by atoms with Crippen molar-refractivity contribution in [3.05, 3.63) is 64.1 Å². The maximum atomic E-state index is 12.7. The van der Waals surface area contributed by atoms with Crippen molar-refractivity contribution in [2.24, 2.45) is 0 Å². The second-order valence-corrected chi connectivity index (χ2v) is 12.0. The minimum absolute atomic E-state index is 0.156. The van der Waals surface area contributed by atoms with Crippen molar-refractivity contribution >= 4 is 78.3 Å². The zero-order valence-corrected chi connectivity index (χ0v) is 22.9. The fourth-order valence-corrected chi connectivity index (χ4v) is 6.91. The van der Waals surface area contributed by atoms with Gasteiger partial charge in [0.1, 0.15) is 21.9 Å². The van der Waals surface area contributed by atoms with Gasteiger partial charge < -0.3 is 14.5 Å². The summed E-state index contributed by atoms with van der Waals surface area (Å²) in [6, 6.07) is 8.72. The lowest BCUT2D eigenvalue weighted by atomic mass is 9.89. The molecule has 1 aliphatic heterocycles. The Balaban J connectivity index is 1.38. The monoisotopic (exact) mass is 570 g/mol. The van der Waals surface area contributed by atoms with Gasteiger partial charge >= 0.3 is 0 Å². The minimum Gasteiger partial charge on any atom is -0.463 e. The number of pyridine rings is 1. The first kappa shape index (κ1) is 24.6. The van der Waals surface area contributed by atoms with Gasteiger partial charge in [-0.05, 0) is 49.7 Å². The first-order chi connectivity index (χ1) is 17.8. The van der Waals surface area contributed by atoms with Gasteiger partial charge in [0.25, 0.3) is 0 Å². The number of anilines is 1. The topological polar surface area (TPSA) is 90.1 Å². The van der Waals surface area contributed by atoms with Crippen LogP contribution in [-0.4, -0.2) is 32.2 Å². The Morgan fingerprint density at radius 1 is 1.22 bits per heavy atom. The van der Waals surface area contributed by atoms with E-state index in [1.165, 1.54) is 28.7 Å². The number of thiophene rings is 1. The number of aromatic nitrogens is 3. The molecule has 1 amide bonds. The van der Waals surface area contributed by atoms with Crippen LogP contribution >= 0.6 is 46.3 Å². The van der Waals surface area contributed by atoms with Gasteiger partial charge in [0, 0.05) is 22.4 Å². The van der Waals surface area contributed by atoms with E-state index in [4.69, 9.17) is 37.3 Å². The smallest absolute Gasteiger partial charge is 0.234 e. The van der Waals surface area contributed by atoms with Crippen molar-refractivity contribution in [2.75, 3.05) is 11.1 Å². The zero-order chi connectivity index (χ0) is 25.7. The molecule has 1 N–H and O–H groups in total. The van der Waals surface area contributed by atoms with Gasteiger partial charge in [-0.25, -0.2) is 15.0 Å². The summed E-state index contributed by atoms with van der Waals surface area (Å²) in [6.45, 7) is 4.62. The molecule has 0 atom stereocenters. The lowest BCUT2D eigenvalue weighted by Gasteiger charge is -2.32. The van der Waals surface area contributed by atoms with Crippen LogP contribution in [0, 0.1) is 0 Å². The quantitative estimate of drug-likeness (QED) is 0.174.